The van der Waals surface area contributed by atoms with E-state index in [1.807, 2.05) is 35.8 Å². The third-order valence-corrected chi connectivity index (χ3v) is 5.65. The molecular weight excluding hydrogens is 388 g/mol. The van der Waals surface area contributed by atoms with Gasteiger partial charge in [-0.15, -0.1) is 11.3 Å². The van der Waals surface area contributed by atoms with Crippen LogP contribution >= 0.6 is 11.3 Å². The molecule has 7 nitrogen and oxygen atoms in total. The Bertz CT molecular complexity index is 1150. The molecule has 2 heterocycles. The van der Waals surface area contributed by atoms with Gasteiger partial charge in [0.25, 0.3) is 5.69 Å². The number of nitro benzene ring substituents is 1. The second-order valence-corrected chi connectivity index (χ2v) is 7.48. The van der Waals surface area contributed by atoms with Gasteiger partial charge in [-0.3, -0.25) is 10.1 Å². The molecule has 2 aromatic carbocycles. The molecule has 4 aromatic rings. The fraction of sp³-hybridized carbons (Fsp3) is 0.0952. The number of non-ortho nitro benzene ring substituents is 1. The van der Waals surface area contributed by atoms with Crippen LogP contribution in [0.4, 0.5) is 16.2 Å². The first-order valence-electron chi connectivity index (χ1n) is 9.00. The minimum absolute atomic E-state index is 0.0120. The lowest BCUT2D eigenvalue weighted by atomic mass is 9.97. The maximum atomic E-state index is 12.4. The normalized spacial score (nSPS) is 11.9. The molecule has 0 saturated heterocycles. The molecule has 0 saturated carbocycles. The molecule has 0 fully saturated rings. The van der Waals surface area contributed by atoms with Crippen molar-refractivity contribution in [3.8, 4) is 0 Å². The van der Waals surface area contributed by atoms with Gasteiger partial charge >= 0.3 is 6.03 Å². The number of nitrogens with zero attached hydrogens (tertiary/aromatic N) is 1. The van der Waals surface area contributed by atoms with Gasteiger partial charge in [-0.2, -0.15) is 0 Å². The SMILES string of the molecule is O=C(NCC(c1cccs1)c1c[nH]c2ccccc12)Nc1cccc([N+](=O)[O-])c1. The third kappa shape index (κ3) is 4.12. The van der Waals surface area contributed by atoms with Crippen LogP contribution in [0, 0.1) is 10.1 Å². The average molecular weight is 406 g/mol. The van der Waals surface area contributed by atoms with Gasteiger partial charge in [-0.05, 0) is 29.1 Å². The zero-order chi connectivity index (χ0) is 20.2. The van der Waals surface area contributed by atoms with Crippen LogP contribution in [0.2, 0.25) is 0 Å². The van der Waals surface area contributed by atoms with Crippen LogP contribution in [-0.4, -0.2) is 22.5 Å². The van der Waals surface area contributed by atoms with Crippen LogP contribution in [0.3, 0.4) is 0 Å². The molecule has 0 bridgehead atoms. The minimum Gasteiger partial charge on any atom is -0.361 e. The van der Waals surface area contributed by atoms with Crippen LogP contribution in [0.5, 0.6) is 0 Å². The van der Waals surface area contributed by atoms with Crippen molar-refractivity contribution in [2.75, 3.05) is 11.9 Å². The number of rotatable bonds is 6. The number of amides is 2. The Morgan fingerprint density at radius 1 is 1.14 bits per heavy atom. The van der Waals surface area contributed by atoms with Crippen LogP contribution in [0.1, 0.15) is 16.4 Å². The lowest BCUT2D eigenvalue weighted by molar-refractivity contribution is -0.384. The number of H-pyrrole nitrogens is 1. The predicted molar refractivity (Wildman–Crippen MR) is 115 cm³/mol. The highest BCUT2D eigenvalue weighted by molar-refractivity contribution is 7.10. The number of carbonyl (C=O) groups is 1. The van der Waals surface area contributed by atoms with E-state index in [2.05, 4.69) is 27.8 Å². The lowest BCUT2D eigenvalue weighted by Gasteiger charge is -2.16. The van der Waals surface area contributed by atoms with Gasteiger partial charge in [0.15, 0.2) is 0 Å². The predicted octanol–water partition coefficient (Wildman–Crippen LogP) is 5.09. The van der Waals surface area contributed by atoms with Crippen molar-refractivity contribution < 1.29 is 9.72 Å². The van der Waals surface area contributed by atoms with Crippen molar-refractivity contribution in [2.45, 2.75) is 5.92 Å². The number of hydrogen-bond donors (Lipinski definition) is 3. The van der Waals surface area contributed by atoms with E-state index in [1.165, 1.54) is 18.2 Å². The number of thiophene rings is 1. The first kappa shape index (κ1) is 18.7. The van der Waals surface area contributed by atoms with Gasteiger partial charge in [0.2, 0.25) is 0 Å². The molecule has 146 valence electrons. The molecule has 0 aliphatic rings. The molecule has 29 heavy (non-hydrogen) atoms. The molecular formula is C21H18N4O3S. The van der Waals surface area contributed by atoms with Crippen molar-refractivity contribution in [1.29, 1.82) is 0 Å². The van der Waals surface area contributed by atoms with Gasteiger partial charge in [-0.25, -0.2) is 4.79 Å². The van der Waals surface area contributed by atoms with Crippen molar-refractivity contribution in [3.63, 3.8) is 0 Å². The number of nitrogens with one attached hydrogen (secondary N) is 3. The van der Waals surface area contributed by atoms with E-state index in [0.717, 1.165) is 21.3 Å². The first-order valence-corrected chi connectivity index (χ1v) is 9.88. The summed E-state index contributed by atoms with van der Waals surface area (Å²) in [6.07, 6.45) is 1.98. The van der Waals surface area contributed by atoms with Crippen LogP contribution in [-0.2, 0) is 0 Å². The number of aromatic amines is 1. The van der Waals surface area contributed by atoms with Crippen LogP contribution in [0.25, 0.3) is 10.9 Å². The van der Waals surface area contributed by atoms with Gasteiger partial charge in [0.1, 0.15) is 0 Å². The fourth-order valence-electron chi connectivity index (χ4n) is 3.30. The summed E-state index contributed by atoms with van der Waals surface area (Å²) in [5, 5.41) is 19.6. The average Bonchev–Trinajstić information content (AvgIpc) is 3.39. The molecule has 3 N–H and O–H groups in total. The molecule has 2 amide bonds. The smallest absolute Gasteiger partial charge is 0.319 e. The maximum Gasteiger partial charge on any atom is 0.319 e. The standard InChI is InChI=1S/C21H18N4O3S/c26-21(24-14-5-3-6-15(11-14)25(27)28)23-13-18(20-9-4-10-29-20)17-12-22-19-8-2-1-7-16(17)19/h1-12,18,22H,13H2,(H2,23,24,26). The quantitative estimate of drug-likeness (QED) is 0.307. The number of carbonyl (C=O) groups excluding carboxylic acids is 1. The highest BCUT2D eigenvalue weighted by Gasteiger charge is 2.20. The minimum atomic E-state index is -0.493. The number of hydrogen-bond acceptors (Lipinski definition) is 4. The molecule has 4 rings (SSSR count). The zero-order valence-electron chi connectivity index (χ0n) is 15.3. The van der Waals surface area contributed by atoms with Gasteiger partial charge in [0, 0.05) is 52.3 Å². The van der Waals surface area contributed by atoms with Crippen molar-refractivity contribution >= 4 is 39.6 Å². The molecule has 0 spiro atoms. The van der Waals surface area contributed by atoms with E-state index in [9.17, 15) is 14.9 Å². The largest absolute Gasteiger partial charge is 0.361 e. The topological polar surface area (TPSA) is 100 Å². The second kappa shape index (κ2) is 8.15. The summed E-state index contributed by atoms with van der Waals surface area (Å²) in [6, 6.07) is 17.5. The van der Waals surface area contributed by atoms with E-state index >= 15 is 0 Å². The van der Waals surface area contributed by atoms with Gasteiger partial charge in [-0.1, -0.05) is 30.3 Å². The number of urea groups is 1. The third-order valence-electron chi connectivity index (χ3n) is 4.66. The highest BCUT2D eigenvalue weighted by Crippen LogP contribution is 2.32. The Hall–Kier alpha value is -3.65. The maximum absolute atomic E-state index is 12.4. The molecule has 0 radical (unpaired) electrons. The van der Waals surface area contributed by atoms with E-state index in [0.29, 0.717) is 12.2 Å². The molecule has 8 heteroatoms. The number of benzene rings is 2. The van der Waals surface area contributed by atoms with E-state index in [-0.39, 0.29) is 11.6 Å². The lowest BCUT2D eigenvalue weighted by Crippen LogP contribution is -2.32. The van der Waals surface area contributed by atoms with Crippen molar-refractivity contribution in [1.82, 2.24) is 10.3 Å². The zero-order valence-corrected chi connectivity index (χ0v) is 16.1. The molecule has 1 unspecified atom stereocenters. The summed E-state index contributed by atoms with van der Waals surface area (Å²) < 4.78 is 0. The van der Waals surface area contributed by atoms with E-state index in [1.54, 1.807) is 17.4 Å². The van der Waals surface area contributed by atoms with Crippen LogP contribution < -0.4 is 10.6 Å². The first-order chi connectivity index (χ1) is 14.1. The number of nitro groups is 1. The van der Waals surface area contributed by atoms with Gasteiger partial charge in [0.05, 0.1) is 4.92 Å². The van der Waals surface area contributed by atoms with Crippen molar-refractivity contribution in [3.05, 3.63) is 92.8 Å². The monoisotopic (exact) mass is 406 g/mol. The highest BCUT2D eigenvalue weighted by atomic mass is 32.1. The van der Waals surface area contributed by atoms with Gasteiger partial charge < -0.3 is 15.6 Å². The number of anilines is 1. The molecule has 0 aliphatic carbocycles. The molecule has 1 atom stereocenters. The summed E-state index contributed by atoms with van der Waals surface area (Å²) in [7, 11) is 0. The summed E-state index contributed by atoms with van der Waals surface area (Å²) in [5.74, 6) is -0.0120. The Morgan fingerprint density at radius 2 is 2.00 bits per heavy atom. The van der Waals surface area contributed by atoms with E-state index < -0.39 is 11.0 Å². The summed E-state index contributed by atoms with van der Waals surface area (Å²) in [6.45, 7) is 0.392. The molecule has 0 aliphatic heterocycles. The second-order valence-electron chi connectivity index (χ2n) is 6.50. The Balaban J connectivity index is 1.51. The number of para-hydroxylation sites is 1. The number of aromatic nitrogens is 1. The Morgan fingerprint density at radius 3 is 2.79 bits per heavy atom. The molecule has 2 aromatic heterocycles. The summed E-state index contributed by atoms with van der Waals surface area (Å²) in [4.78, 5) is 27.2. The van der Waals surface area contributed by atoms with Crippen LogP contribution in [0.15, 0.2) is 72.2 Å². The van der Waals surface area contributed by atoms with Crippen molar-refractivity contribution in [2.24, 2.45) is 0 Å². The summed E-state index contributed by atoms with van der Waals surface area (Å²) in [5.41, 5.74) is 2.46. The Labute approximate surface area is 170 Å². The number of fused-ring (bicyclic) bond motifs is 1. The fourth-order valence-corrected chi connectivity index (χ4v) is 4.15. The van der Waals surface area contributed by atoms with E-state index in [4.69, 9.17) is 0 Å². The Kier molecular flexibility index (Phi) is 5.26. The summed E-state index contributed by atoms with van der Waals surface area (Å²) >= 11 is 1.64.